The number of hydrogen-bond donors (Lipinski definition) is 0. The largest absolute Gasteiger partial charge is 0.350 e. The summed E-state index contributed by atoms with van der Waals surface area (Å²) in [5, 5.41) is 0. The van der Waals surface area contributed by atoms with Crippen LogP contribution in [0.2, 0.25) is 0 Å². The number of fused-ring (bicyclic) bond motifs is 1. The summed E-state index contributed by atoms with van der Waals surface area (Å²) < 4.78 is 36.3. The van der Waals surface area contributed by atoms with Gasteiger partial charge >= 0.3 is 0 Å². The molecule has 0 bridgehead atoms. The van der Waals surface area contributed by atoms with E-state index in [2.05, 4.69) is 41.5 Å². The van der Waals surface area contributed by atoms with Crippen LogP contribution in [0.25, 0.3) is 0 Å². The molecule has 6 nitrogen and oxygen atoms in total. The van der Waals surface area contributed by atoms with E-state index in [-0.39, 0.29) is 55.1 Å². The first-order valence-electron chi connectivity index (χ1n) is 9.21. The standard InChI is InChI=1S/C18H32O6/c1-9(2)16-19-7-12(21-16)15-14-13(22-18(24-15)11(5)6)8-20-17(23-14)10(3)4/h9-18H,7-8H2,1-6H3. The average Bonchev–Trinajstić information content (AvgIpc) is 3.03. The Hall–Kier alpha value is -0.240. The molecular formula is C18H32O6. The maximum atomic E-state index is 6.25. The van der Waals surface area contributed by atoms with Gasteiger partial charge in [0.05, 0.1) is 13.2 Å². The summed E-state index contributed by atoms with van der Waals surface area (Å²) in [5.74, 6) is 0.837. The van der Waals surface area contributed by atoms with E-state index in [9.17, 15) is 0 Å². The lowest BCUT2D eigenvalue weighted by Gasteiger charge is -2.48. The van der Waals surface area contributed by atoms with Gasteiger partial charge in [-0.3, -0.25) is 0 Å². The van der Waals surface area contributed by atoms with Crippen molar-refractivity contribution in [3.8, 4) is 0 Å². The van der Waals surface area contributed by atoms with Crippen molar-refractivity contribution in [3.05, 3.63) is 0 Å². The average molecular weight is 344 g/mol. The van der Waals surface area contributed by atoms with E-state index in [1.54, 1.807) is 0 Å². The molecule has 0 aromatic carbocycles. The maximum absolute atomic E-state index is 6.25. The van der Waals surface area contributed by atoms with Crippen LogP contribution in [0, 0.1) is 17.8 Å². The fourth-order valence-electron chi connectivity index (χ4n) is 3.33. The molecule has 140 valence electrons. The first-order valence-corrected chi connectivity index (χ1v) is 9.21. The van der Waals surface area contributed by atoms with Gasteiger partial charge in [-0.2, -0.15) is 0 Å². The monoisotopic (exact) mass is 344 g/mol. The number of hydrogen-bond acceptors (Lipinski definition) is 6. The van der Waals surface area contributed by atoms with Crippen molar-refractivity contribution < 1.29 is 28.4 Å². The van der Waals surface area contributed by atoms with Crippen molar-refractivity contribution in [2.75, 3.05) is 13.2 Å². The van der Waals surface area contributed by atoms with E-state index in [1.807, 2.05) is 0 Å². The third-order valence-electron chi connectivity index (χ3n) is 4.74. The van der Waals surface area contributed by atoms with Crippen LogP contribution in [-0.4, -0.2) is 56.5 Å². The van der Waals surface area contributed by atoms with Gasteiger partial charge in [0, 0.05) is 17.8 Å². The Bertz CT molecular complexity index is 412. The third kappa shape index (κ3) is 3.79. The minimum absolute atomic E-state index is 0.132. The van der Waals surface area contributed by atoms with E-state index in [0.29, 0.717) is 19.1 Å². The van der Waals surface area contributed by atoms with Gasteiger partial charge in [0.1, 0.15) is 24.4 Å². The molecule has 7 atom stereocenters. The second-order valence-electron chi connectivity index (χ2n) is 8.05. The summed E-state index contributed by atoms with van der Waals surface area (Å²) in [4.78, 5) is 0. The van der Waals surface area contributed by atoms with E-state index in [1.165, 1.54) is 0 Å². The van der Waals surface area contributed by atoms with Crippen LogP contribution < -0.4 is 0 Å². The van der Waals surface area contributed by atoms with Crippen molar-refractivity contribution in [1.82, 2.24) is 0 Å². The zero-order valence-corrected chi connectivity index (χ0v) is 15.6. The summed E-state index contributed by atoms with van der Waals surface area (Å²) in [6.07, 6.45) is -1.36. The number of ether oxygens (including phenoxy) is 6. The van der Waals surface area contributed by atoms with Crippen LogP contribution in [0.3, 0.4) is 0 Å². The molecule has 3 heterocycles. The molecule has 24 heavy (non-hydrogen) atoms. The molecule has 3 saturated heterocycles. The smallest absolute Gasteiger partial charge is 0.161 e. The maximum Gasteiger partial charge on any atom is 0.161 e. The Labute approximate surface area is 145 Å². The van der Waals surface area contributed by atoms with Crippen LogP contribution in [0.4, 0.5) is 0 Å². The molecule has 6 heteroatoms. The number of rotatable bonds is 4. The Morgan fingerprint density at radius 2 is 0.917 bits per heavy atom. The predicted molar refractivity (Wildman–Crippen MR) is 87.3 cm³/mol. The summed E-state index contributed by atoms with van der Waals surface area (Å²) in [7, 11) is 0. The van der Waals surface area contributed by atoms with Gasteiger partial charge in [-0.05, 0) is 0 Å². The highest BCUT2D eigenvalue weighted by Crippen LogP contribution is 2.35. The minimum Gasteiger partial charge on any atom is -0.350 e. The fourth-order valence-corrected chi connectivity index (χ4v) is 3.33. The first kappa shape index (κ1) is 18.5. The molecule has 0 N–H and O–H groups in total. The highest BCUT2D eigenvalue weighted by atomic mass is 16.8. The molecule has 0 aliphatic carbocycles. The van der Waals surface area contributed by atoms with E-state index < -0.39 is 0 Å². The summed E-state index contributed by atoms with van der Waals surface area (Å²) in [6, 6.07) is 0. The molecular weight excluding hydrogens is 312 g/mol. The van der Waals surface area contributed by atoms with Crippen LogP contribution in [0.15, 0.2) is 0 Å². The van der Waals surface area contributed by atoms with Gasteiger partial charge in [-0.15, -0.1) is 0 Å². The normalized spacial score (nSPS) is 43.6. The first-order chi connectivity index (χ1) is 11.4. The molecule has 0 aromatic rings. The van der Waals surface area contributed by atoms with E-state index >= 15 is 0 Å². The topological polar surface area (TPSA) is 55.4 Å². The molecule has 3 aliphatic heterocycles. The van der Waals surface area contributed by atoms with E-state index in [4.69, 9.17) is 28.4 Å². The van der Waals surface area contributed by atoms with Crippen molar-refractivity contribution in [1.29, 1.82) is 0 Å². The van der Waals surface area contributed by atoms with Crippen LogP contribution in [-0.2, 0) is 28.4 Å². The predicted octanol–water partition coefficient (Wildman–Crippen LogP) is 2.55. The Morgan fingerprint density at radius 1 is 0.542 bits per heavy atom. The second kappa shape index (κ2) is 7.56. The van der Waals surface area contributed by atoms with Crippen molar-refractivity contribution in [2.45, 2.75) is 84.8 Å². The summed E-state index contributed by atoms with van der Waals surface area (Å²) in [5.41, 5.74) is 0. The van der Waals surface area contributed by atoms with Crippen molar-refractivity contribution in [3.63, 3.8) is 0 Å². The lowest BCUT2D eigenvalue weighted by atomic mass is 9.99. The molecule has 3 aliphatic rings. The van der Waals surface area contributed by atoms with Crippen LogP contribution in [0.1, 0.15) is 41.5 Å². The highest BCUT2D eigenvalue weighted by Gasteiger charge is 2.51. The molecule has 0 radical (unpaired) electrons. The zero-order chi connectivity index (χ0) is 17.4. The summed E-state index contributed by atoms with van der Waals surface area (Å²) >= 11 is 0. The second-order valence-corrected chi connectivity index (χ2v) is 8.05. The third-order valence-corrected chi connectivity index (χ3v) is 4.74. The van der Waals surface area contributed by atoms with Crippen LogP contribution in [0.5, 0.6) is 0 Å². The molecule has 3 rings (SSSR count). The molecule has 3 fully saturated rings. The lowest BCUT2D eigenvalue weighted by Crippen LogP contribution is -2.62. The van der Waals surface area contributed by atoms with Gasteiger partial charge in [0.2, 0.25) is 0 Å². The Balaban J connectivity index is 1.75. The molecule has 0 aromatic heterocycles. The van der Waals surface area contributed by atoms with Crippen LogP contribution >= 0.6 is 0 Å². The molecule has 7 unspecified atom stereocenters. The van der Waals surface area contributed by atoms with E-state index in [0.717, 1.165) is 0 Å². The van der Waals surface area contributed by atoms with Gasteiger partial charge in [0.15, 0.2) is 18.9 Å². The molecule has 0 amide bonds. The Kier molecular flexibility index (Phi) is 5.84. The van der Waals surface area contributed by atoms with Crippen molar-refractivity contribution >= 4 is 0 Å². The molecule has 0 saturated carbocycles. The lowest BCUT2D eigenvalue weighted by molar-refractivity contribution is -0.378. The highest BCUT2D eigenvalue weighted by molar-refractivity contribution is 4.93. The van der Waals surface area contributed by atoms with Gasteiger partial charge < -0.3 is 28.4 Å². The molecule has 0 spiro atoms. The zero-order valence-electron chi connectivity index (χ0n) is 15.6. The van der Waals surface area contributed by atoms with Gasteiger partial charge in [-0.1, -0.05) is 41.5 Å². The minimum atomic E-state index is -0.277. The van der Waals surface area contributed by atoms with Gasteiger partial charge in [-0.25, -0.2) is 0 Å². The quantitative estimate of drug-likeness (QED) is 0.781. The fraction of sp³-hybridized carbons (Fsp3) is 1.00. The van der Waals surface area contributed by atoms with Crippen molar-refractivity contribution in [2.24, 2.45) is 17.8 Å². The SMILES string of the molecule is CC(C)C1OCC(C2OC(C(C)C)OC3COC(C(C)C)OC32)O1. The van der Waals surface area contributed by atoms with Gasteiger partial charge in [0.25, 0.3) is 0 Å². The Morgan fingerprint density at radius 3 is 1.33 bits per heavy atom. The summed E-state index contributed by atoms with van der Waals surface area (Å²) in [6.45, 7) is 13.6.